The molecule has 0 unspecified atom stereocenters. The van der Waals surface area contributed by atoms with Gasteiger partial charge in [-0.15, -0.1) is 12.4 Å². The van der Waals surface area contributed by atoms with E-state index < -0.39 is 10.0 Å². The third kappa shape index (κ3) is 4.68. The van der Waals surface area contributed by atoms with Crippen LogP contribution in [0.2, 0.25) is 0 Å². The zero-order valence-electron chi connectivity index (χ0n) is 12.7. The maximum Gasteiger partial charge on any atom is 0.240 e. The number of sulfonamides is 1. The standard InChI is InChI=1S/C15H24N2O2S.ClH/c1-3-13-6-4-5-7-14(13)20(18,19)17-12-15(2)8-10-16-11-9-15;/h4-7,16-17H,3,8-12H2,1-2H3;1H. The highest BCUT2D eigenvalue weighted by molar-refractivity contribution is 7.89. The molecule has 1 heterocycles. The average molecular weight is 333 g/mol. The molecule has 21 heavy (non-hydrogen) atoms. The maximum atomic E-state index is 12.5. The molecule has 1 aliphatic heterocycles. The second-order valence-corrected chi connectivity index (χ2v) is 7.58. The Labute approximate surface area is 134 Å². The van der Waals surface area contributed by atoms with Gasteiger partial charge in [-0.05, 0) is 49.4 Å². The van der Waals surface area contributed by atoms with Gasteiger partial charge in [0, 0.05) is 6.54 Å². The van der Waals surface area contributed by atoms with E-state index in [1.54, 1.807) is 12.1 Å². The Morgan fingerprint density at radius 2 is 1.86 bits per heavy atom. The van der Waals surface area contributed by atoms with Crippen molar-refractivity contribution in [2.24, 2.45) is 5.41 Å². The molecule has 0 spiro atoms. The molecule has 1 aromatic carbocycles. The lowest BCUT2D eigenvalue weighted by molar-refractivity contribution is 0.232. The van der Waals surface area contributed by atoms with E-state index in [2.05, 4.69) is 17.0 Å². The fourth-order valence-corrected chi connectivity index (χ4v) is 4.12. The molecule has 4 nitrogen and oxygen atoms in total. The van der Waals surface area contributed by atoms with E-state index in [9.17, 15) is 8.42 Å². The zero-order valence-corrected chi connectivity index (χ0v) is 14.3. The van der Waals surface area contributed by atoms with Crippen molar-refractivity contribution < 1.29 is 8.42 Å². The molecule has 0 bridgehead atoms. The molecule has 1 saturated heterocycles. The molecule has 0 amide bonds. The van der Waals surface area contributed by atoms with Gasteiger partial charge in [-0.25, -0.2) is 13.1 Å². The molecule has 120 valence electrons. The first-order chi connectivity index (χ1) is 9.47. The average Bonchev–Trinajstić information content (AvgIpc) is 2.46. The van der Waals surface area contributed by atoms with E-state index in [1.807, 2.05) is 19.1 Å². The summed E-state index contributed by atoms with van der Waals surface area (Å²) in [6, 6.07) is 7.22. The van der Waals surface area contributed by atoms with Crippen molar-refractivity contribution in [2.45, 2.75) is 38.0 Å². The monoisotopic (exact) mass is 332 g/mol. The minimum atomic E-state index is -3.41. The molecule has 0 atom stereocenters. The second kappa shape index (κ2) is 7.58. The summed E-state index contributed by atoms with van der Waals surface area (Å²) in [7, 11) is -3.41. The molecule has 1 aromatic rings. The number of piperidine rings is 1. The van der Waals surface area contributed by atoms with Crippen molar-refractivity contribution >= 4 is 22.4 Å². The molecule has 0 aliphatic carbocycles. The van der Waals surface area contributed by atoms with Gasteiger partial charge in [-0.2, -0.15) is 0 Å². The van der Waals surface area contributed by atoms with Gasteiger partial charge in [0.1, 0.15) is 0 Å². The largest absolute Gasteiger partial charge is 0.317 e. The third-order valence-electron chi connectivity index (χ3n) is 4.14. The number of aryl methyl sites for hydroxylation is 1. The van der Waals surface area contributed by atoms with Gasteiger partial charge in [0.15, 0.2) is 0 Å². The molecule has 1 aliphatic rings. The normalized spacial score (nSPS) is 18.0. The van der Waals surface area contributed by atoms with Crippen molar-refractivity contribution in [3.05, 3.63) is 29.8 Å². The Hall–Kier alpha value is -0.620. The summed E-state index contributed by atoms with van der Waals surface area (Å²) in [5, 5.41) is 3.31. The lowest BCUT2D eigenvalue weighted by Crippen LogP contribution is -2.43. The van der Waals surface area contributed by atoms with E-state index in [4.69, 9.17) is 0 Å². The van der Waals surface area contributed by atoms with Crippen LogP contribution >= 0.6 is 12.4 Å². The number of hydrogen-bond acceptors (Lipinski definition) is 3. The predicted molar refractivity (Wildman–Crippen MR) is 88.5 cm³/mol. The minimum Gasteiger partial charge on any atom is -0.317 e. The van der Waals surface area contributed by atoms with Crippen LogP contribution in [0.3, 0.4) is 0 Å². The van der Waals surface area contributed by atoms with Crippen molar-refractivity contribution in [3.8, 4) is 0 Å². The van der Waals surface area contributed by atoms with E-state index >= 15 is 0 Å². The Kier molecular flexibility index (Phi) is 6.66. The Bertz CT molecular complexity index is 555. The molecule has 2 N–H and O–H groups in total. The molecular formula is C15H25ClN2O2S. The summed E-state index contributed by atoms with van der Waals surface area (Å²) in [5.74, 6) is 0. The SMILES string of the molecule is CCc1ccccc1S(=O)(=O)NCC1(C)CCNCC1.Cl. The first-order valence-electron chi connectivity index (χ1n) is 7.25. The van der Waals surface area contributed by atoms with Crippen molar-refractivity contribution in [3.63, 3.8) is 0 Å². The second-order valence-electron chi connectivity index (χ2n) is 5.85. The summed E-state index contributed by atoms with van der Waals surface area (Å²) < 4.78 is 27.7. The molecule has 0 radical (unpaired) electrons. The number of rotatable bonds is 5. The lowest BCUT2D eigenvalue weighted by Gasteiger charge is -2.34. The van der Waals surface area contributed by atoms with Crippen LogP contribution in [0.1, 0.15) is 32.3 Å². The van der Waals surface area contributed by atoms with Crippen LogP contribution in [0.25, 0.3) is 0 Å². The van der Waals surface area contributed by atoms with Gasteiger partial charge in [0.2, 0.25) is 10.0 Å². The van der Waals surface area contributed by atoms with E-state index in [0.29, 0.717) is 11.4 Å². The van der Waals surface area contributed by atoms with Crippen molar-refractivity contribution in [1.29, 1.82) is 0 Å². The van der Waals surface area contributed by atoms with Gasteiger partial charge < -0.3 is 5.32 Å². The number of hydrogen-bond donors (Lipinski definition) is 2. The van der Waals surface area contributed by atoms with E-state index in [1.165, 1.54) is 0 Å². The smallest absolute Gasteiger partial charge is 0.240 e. The highest BCUT2D eigenvalue weighted by Crippen LogP contribution is 2.27. The van der Waals surface area contributed by atoms with Gasteiger partial charge in [-0.1, -0.05) is 32.0 Å². The van der Waals surface area contributed by atoms with Crippen LogP contribution in [0.4, 0.5) is 0 Å². The van der Waals surface area contributed by atoms with Gasteiger partial charge >= 0.3 is 0 Å². The number of nitrogens with one attached hydrogen (secondary N) is 2. The van der Waals surface area contributed by atoms with Crippen LogP contribution in [0.5, 0.6) is 0 Å². The Morgan fingerprint density at radius 1 is 1.24 bits per heavy atom. The summed E-state index contributed by atoms with van der Waals surface area (Å²) >= 11 is 0. The predicted octanol–water partition coefficient (Wildman–Crippen LogP) is 2.34. The molecule has 1 fully saturated rings. The van der Waals surface area contributed by atoms with E-state index in [-0.39, 0.29) is 17.8 Å². The van der Waals surface area contributed by atoms with Crippen molar-refractivity contribution in [1.82, 2.24) is 10.0 Å². The van der Waals surface area contributed by atoms with E-state index in [0.717, 1.165) is 37.9 Å². The quantitative estimate of drug-likeness (QED) is 0.870. The molecule has 0 aromatic heterocycles. The molecule has 6 heteroatoms. The van der Waals surface area contributed by atoms with Crippen LogP contribution in [-0.2, 0) is 16.4 Å². The summed E-state index contributed by atoms with van der Waals surface area (Å²) in [5.41, 5.74) is 0.926. The molecule has 2 rings (SSSR count). The van der Waals surface area contributed by atoms with Gasteiger partial charge in [0.25, 0.3) is 0 Å². The van der Waals surface area contributed by atoms with Crippen molar-refractivity contribution in [2.75, 3.05) is 19.6 Å². The van der Waals surface area contributed by atoms with Crippen LogP contribution in [-0.4, -0.2) is 28.1 Å². The zero-order chi connectivity index (χ0) is 14.6. The third-order valence-corrected chi connectivity index (χ3v) is 5.64. The maximum absolute atomic E-state index is 12.5. The minimum absolute atomic E-state index is 0. The summed E-state index contributed by atoms with van der Waals surface area (Å²) in [6.45, 7) is 6.56. The van der Waals surface area contributed by atoms with Gasteiger partial charge in [0.05, 0.1) is 4.90 Å². The Morgan fingerprint density at radius 3 is 2.48 bits per heavy atom. The highest BCUT2D eigenvalue weighted by Gasteiger charge is 2.29. The van der Waals surface area contributed by atoms with Crippen LogP contribution < -0.4 is 10.0 Å². The first-order valence-corrected chi connectivity index (χ1v) is 8.73. The number of benzene rings is 1. The highest BCUT2D eigenvalue weighted by atomic mass is 35.5. The summed E-state index contributed by atoms with van der Waals surface area (Å²) in [4.78, 5) is 0.417. The number of halogens is 1. The summed E-state index contributed by atoms with van der Waals surface area (Å²) in [6.07, 6.45) is 2.73. The lowest BCUT2D eigenvalue weighted by atomic mass is 9.81. The van der Waals surface area contributed by atoms with Crippen LogP contribution in [0, 0.1) is 5.41 Å². The van der Waals surface area contributed by atoms with Crippen LogP contribution in [0.15, 0.2) is 29.2 Å². The molecule has 0 saturated carbocycles. The fraction of sp³-hybridized carbons (Fsp3) is 0.600. The first kappa shape index (κ1) is 18.4. The Balaban J connectivity index is 0.00000220. The topological polar surface area (TPSA) is 58.2 Å². The molecular weight excluding hydrogens is 308 g/mol. The fourth-order valence-electron chi connectivity index (χ4n) is 2.61. The van der Waals surface area contributed by atoms with Gasteiger partial charge in [-0.3, -0.25) is 0 Å².